The van der Waals surface area contributed by atoms with E-state index in [4.69, 9.17) is 11.5 Å². The van der Waals surface area contributed by atoms with E-state index in [0.29, 0.717) is 17.6 Å². The van der Waals surface area contributed by atoms with Gasteiger partial charge in [-0.3, -0.25) is 0 Å². The van der Waals surface area contributed by atoms with Crippen LogP contribution < -0.4 is 0 Å². The van der Waals surface area contributed by atoms with Gasteiger partial charge in [0.2, 0.25) is 0 Å². The molecule has 4 heteroatoms. The lowest BCUT2D eigenvalue weighted by Gasteiger charge is -2.03. The van der Waals surface area contributed by atoms with E-state index in [1.165, 1.54) is 0 Å². The summed E-state index contributed by atoms with van der Waals surface area (Å²) in [5.41, 5.74) is 3.07. The number of aromatic nitrogens is 2. The highest BCUT2D eigenvalue weighted by molar-refractivity contribution is 5.89. The van der Waals surface area contributed by atoms with Gasteiger partial charge in [0.15, 0.2) is 0 Å². The van der Waals surface area contributed by atoms with Crippen molar-refractivity contribution >= 4 is 5.97 Å². The van der Waals surface area contributed by atoms with Gasteiger partial charge in [-0.2, -0.15) is 0 Å². The number of rotatable bonds is 5. The Hall–Kier alpha value is -2.80. The third-order valence-corrected chi connectivity index (χ3v) is 3.17. The minimum atomic E-state index is -0.899. The molecule has 1 aliphatic carbocycles. The van der Waals surface area contributed by atoms with Crippen molar-refractivity contribution in [3.63, 3.8) is 0 Å². The van der Waals surface area contributed by atoms with Crippen molar-refractivity contribution in [2.24, 2.45) is 0 Å². The average Bonchev–Trinajstić information content (AvgIpc) is 3.10. The van der Waals surface area contributed by atoms with Crippen LogP contribution in [0.3, 0.4) is 0 Å². The number of nitrogens with zero attached hydrogens (tertiary/aromatic N) is 2. The van der Waals surface area contributed by atoms with E-state index in [9.17, 15) is 4.79 Å². The SMILES string of the molecule is C#C/C(=C\C=C(/C)Cn1ccnc1)C1=CC=C(C(=O)O)C1. The smallest absolute Gasteiger partial charge is 0.331 e. The Kier molecular flexibility index (Phi) is 4.57. The minimum absolute atomic E-state index is 0.366. The van der Waals surface area contributed by atoms with E-state index in [-0.39, 0.29) is 0 Å². The molecule has 0 spiro atoms. The highest BCUT2D eigenvalue weighted by atomic mass is 16.4. The van der Waals surface area contributed by atoms with E-state index in [1.54, 1.807) is 24.7 Å². The van der Waals surface area contributed by atoms with Crippen LogP contribution in [0.2, 0.25) is 0 Å². The van der Waals surface area contributed by atoms with Gasteiger partial charge < -0.3 is 9.67 Å². The van der Waals surface area contributed by atoms with Crippen LogP contribution in [0, 0.1) is 12.3 Å². The van der Waals surface area contributed by atoms with E-state index in [1.807, 2.05) is 29.8 Å². The first-order valence-electron chi connectivity index (χ1n) is 6.53. The quantitative estimate of drug-likeness (QED) is 0.666. The van der Waals surface area contributed by atoms with Crippen LogP contribution in [0.4, 0.5) is 0 Å². The minimum Gasteiger partial charge on any atom is -0.478 e. The molecule has 0 radical (unpaired) electrons. The van der Waals surface area contributed by atoms with Crippen molar-refractivity contribution in [1.82, 2.24) is 9.55 Å². The summed E-state index contributed by atoms with van der Waals surface area (Å²) in [5.74, 6) is 1.72. The van der Waals surface area contributed by atoms with Crippen LogP contribution in [0.25, 0.3) is 0 Å². The van der Waals surface area contributed by atoms with Crippen LogP contribution in [-0.2, 0) is 11.3 Å². The maximum Gasteiger partial charge on any atom is 0.331 e. The Morgan fingerprint density at radius 3 is 2.81 bits per heavy atom. The summed E-state index contributed by atoms with van der Waals surface area (Å²) in [5, 5.41) is 8.95. The highest BCUT2D eigenvalue weighted by Gasteiger charge is 2.15. The summed E-state index contributed by atoms with van der Waals surface area (Å²) in [7, 11) is 0. The zero-order valence-electron chi connectivity index (χ0n) is 11.8. The summed E-state index contributed by atoms with van der Waals surface area (Å²) in [6.07, 6.45) is 18.5. The first kappa shape index (κ1) is 14.6. The summed E-state index contributed by atoms with van der Waals surface area (Å²) < 4.78 is 1.97. The monoisotopic (exact) mass is 280 g/mol. The molecule has 1 aromatic rings. The number of allylic oxidation sites excluding steroid dienone is 7. The molecule has 0 bridgehead atoms. The van der Waals surface area contributed by atoms with E-state index in [0.717, 1.165) is 17.7 Å². The lowest BCUT2D eigenvalue weighted by atomic mass is 10.0. The third-order valence-electron chi connectivity index (χ3n) is 3.17. The fourth-order valence-electron chi connectivity index (χ4n) is 2.05. The Balaban J connectivity index is 2.05. The highest BCUT2D eigenvalue weighted by Crippen LogP contribution is 2.25. The van der Waals surface area contributed by atoms with Crippen LogP contribution in [0.1, 0.15) is 13.3 Å². The van der Waals surface area contributed by atoms with Gasteiger partial charge in [-0.15, -0.1) is 6.42 Å². The van der Waals surface area contributed by atoms with Crippen molar-refractivity contribution in [3.8, 4) is 12.3 Å². The Morgan fingerprint density at radius 2 is 2.24 bits per heavy atom. The number of carboxylic acids is 1. The average molecular weight is 280 g/mol. The molecule has 0 aliphatic heterocycles. The molecule has 0 aromatic carbocycles. The zero-order valence-corrected chi connectivity index (χ0v) is 11.8. The zero-order chi connectivity index (χ0) is 15.2. The summed E-state index contributed by atoms with van der Waals surface area (Å²) in [6.45, 7) is 2.75. The van der Waals surface area contributed by atoms with Gasteiger partial charge in [0.25, 0.3) is 0 Å². The molecule has 0 saturated heterocycles. The van der Waals surface area contributed by atoms with Gasteiger partial charge in [-0.25, -0.2) is 9.78 Å². The van der Waals surface area contributed by atoms with Crippen LogP contribution in [-0.4, -0.2) is 20.6 Å². The van der Waals surface area contributed by atoms with Crippen LogP contribution in [0.15, 0.2) is 65.3 Å². The molecule has 1 N–H and O–H groups in total. The van der Waals surface area contributed by atoms with E-state index >= 15 is 0 Å². The Bertz CT molecular complexity index is 696. The van der Waals surface area contributed by atoms with Gasteiger partial charge in [-0.1, -0.05) is 29.7 Å². The molecular weight excluding hydrogens is 264 g/mol. The van der Waals surface area contributed by atoms with Gasteiger partial charge in [0.05, 0.1) is 6.33 Å². The number of terminal acetylenes is 1. The van der Waals surface area contributed by atoms with Crippen LogP contribution in [0.5, 0.6) is 0 Å². The topological polar surface area (TPSA) is 55.1 Å². The van der Waals surface area contributed by atoms with Gasteiger partial charge >= 0.3 is 5.97 Å². The molecule has 4 nitrogen and oxygen atoms in total. The molecule has 106 valence electrons. The van der Waals surface area contributed by atoms with Crippen molar-refractivity contribution in [2.45, 2.75) is 19.9 Å². The number of hydrogen-bond donors (Lipinski definition) is 1. The van der Waals surface area contributed by atoms with Gasteiger partial charge in [0, 0.05) is 36.5 Å². The fourth-order valence-corrected chi connectivity index (χ4v) is 2.05. The van der Waals surface area contributed by atoms with Crippen LogP contribution >= 0.6 is 0 Å². The van der Waals surface area contributed by atoms with E-state index < -0.39 is 5.97 Å². The molecule has 21 heavy (non-hydrogen) atoms. The first-order chi connectivity index (χ1) is 10.1. The predicted molar refractivity (Wildman–Crippen MR) is 81.3 cm³/mol. The van der Waals surface area contributed by atoms with Gasteiger partial charge in [0.1, 0.15) is 0 Å². The van der Waals surface area contributed by atoms with Crippen molar-refractivity contribution in [2.75, 3.05) is 0 Å². The fraction of sp³-hybridized carbons (Fsp3) is 0.176. The number of hydrogen-bond acceptors (Lipinski definition) is 2. The maximum absolute atomic E-state index is 10.9. The molecule has 0 fully saturated rings. The van der Waals surface area contributed by atoms with Gasteiger partial charge in [-0.05, 0) is 18.6 Å². The molecular formula is C17H16N2O2. The Labute approximate surface area is 123 Å². The maximum atomic E-state index is 10.9. The molecule has 1 aromatic heterocycles. The third kappa shape index (κ3) is 3.83. The lowest BCUT2D eigenvalue weighted by molar-refractivity contribution is -0.132. The predicted octanol–water partition coefficient (Wildman–Crippen LogP) is 2.73. The normalized spacial score (nSPS) is 15.4. The van der Waals surface area contributed by atoms with Crippen molar-refractivity contribution < 1.29 is 9.90 Å². The Morgan fingerprint density at radius 1 is 1.48 bits per heavy atom. The molecule has 1 heterocycles. The van der Waals surface area contributed by atoms with Crippen molar-refractivity contribution in [3.05, 3.63) is 65.3 Å². The van der Waals surface area contributed by atoms with E-state index in [2.05, 4.69) is 10.9 Å². The molecule has 0 atom stereocenters. The number of aliphatic carboxylic acids is 1. The van der Waals surface area contributed by atoms with Crippen molar-refractivity contribution in [1.29, 1.82) is 0 Å². The molecule has 2 rings (SSSR count). The lowest BCUT2D eigenvalue weighted by Crippen LogP contribution is -1.99. The molecule has 0 amide bonds. The summed E-state index contributed by atoms with van der Waals surface area (Å²) in [4.78, 5) is 14.9. The second-order valence-electron chi connectivity index (χ2n) is 4.84. The summed E-state index contributed by atoms with van der Waals surface area (Å²) in [6, 6.07) is 0. The molecule has 0 saturated carbocycles. The number of carbonyl (C=O) groups is 1. The molecule has 0 unspecified atom stereocenters. The first-order valence-corrected chi connectivity index (χ1v) is 6.53. The molecule has 1 aliphatic rings. The standard InChI is InChI=1S/C17H16N2O2/c1-3-14(15-6-7-16(10-15)17(20)21)5-4-13(2)11-19-9-8-18-12-19/h1,4-9,12H,10-11H2,2H3,(H,20,21)/b13-4+,14-5+. The second kappa shape index (κ2) is 6.58. The number of carboxylic acid groups (broad SMARTS) is 1. The second-order valence-corrected chi connectivity index (χ2v) is 4.84. The largest absolute Gasteiger partial charge is 0.478 e. The number of imidazole rings is 1. The summed E-state index contributed by atoms with van der Waals surface area (Å²) >= 11 is 0.